The quantitative estimate of drug-likeness (QED) is 0.129. The number of carbonyl (C=O) groups excluding carboxylic acids is 1. The van der Waals surface area contributed by atoms with Gasteiger partial charge in [0.1, 0.15) is 34.0 Å². The number of anilines is 4. The van der Waals surface area contributed by atoms with Crippen molar-refractivity contribution in [2.75, 3.05) is 58.0 Å². The highest BCUT2D eigenvalue weighted by molar-refractivity contribution is 7.19. The highest BCUT2D eigenvalue weighted by Crippen LogP contribution is 2.42. The Bertz CT molecular complexity index is 2980. The number of aryl methyl sites for hydroxylation is 2. The molecule has 1 aliphatic heterocycles. The van der Waals surface area contributed by atoms with Gasteiger partial charge < -0.3 is 30.4 Å². The Balaban J connectivity index is 0.000000162. The number of hydrogen-bond acceptors (Lipinski definition) is 14. The van der Waals surface area contributed by atoms with E-state index in [-0.39, 0.29) is 11.8 Å². The van der Waals surface area contributed by atoms with Crippen molar-refractivity contribution in [3.05, 3.63) is 94.7 Å². The number of rotatable bonds is 10. The third kappa shape index (κ3) is 8.49. The van der Waals surface area contributed by atoms with Crippen molar-refractivity contribution in [2.45, 2.75) is 57.4 Å². The Morgan fingerprint density at radius 2 is 1.25 bits per heavy atom. The summed E-state index contributed by atoms with van der Waals surface area (Å²) < 4.78 is 3.65. The summed E-state index contributed by atoms with van der Waals surface area (Å²) in [7, 11) is 6.46. The number of aromatic nitrogens is 8. The van der Waals surface area contributed by atoms with Crippen molar-refractivity contribution in [3.63, 3.8) is 0 Å². The largest absolute Gasteiger partial charge is 0.481 e. The summed E-state index contributed by atoms with van der Waals surface area (Å²) in [6, 6.07) is 12.5. The minimum absolute atomic E-state index is 0.0622. The fraction of sp³-hybridized carbons (Fsp3) is 0.391. The molecule has 0 unspecified atom stereocenters. The number of carboxylic acids is 1. The lowest BCUT2D eigenvalue weighted by atomic mass is 9.86. The van der Waals surface area contributed by atoms with Gasteiger partial charge in [-0.1, -0.05) is 0 Å². The van der Waals surface area contributed by atoms with Crippen LogP contribution in [0.25, 0.3) is 31.5 Å². The maximum absolute atomic E-state index is 13.5. The topological polar surface area (TPSA) is 174 Å². The average molecular weight is 898 g/mol. The molecular weight excluding hydrogens is 847 g/mol. The average Bonchev–Trinajstić information content (AvgIpc) is 4.12. The van der Waals surface area contributed by atoms with Crippen LogP contribution in [-0.4, -0.2) is 124 Å². The normalized spacial score (nSPS) is 17.8. The third-order valence-corrected chi connectivity index (χ3v) is 15.3. The van der Waals surface area contributed by atoms with Crippen molar-refractivity contribution in [3.8, 4) is 0 Å². The molecule has 3 N–H and O–H groups in total. The fourth-order valence-electron chi connectivity index (χ4n) is 9.43. The van der Waals surface area contributed by atoms with Gasteiger partial charge in [-0.3, -0.25) is 9.59 Å². The number of carboxylic acid groups (broad SMARTS) is 1. The monoisotopic (exact) mass is 897 g/mol. The zero-order valence-electron chi connectivity index (χ0n) is 36.1. The first-order valence-electron chi connectivity index (χ1n) is 21.9. The maximum Gasteiger partial charge on any atom is 0.306 e. The van der Waals surface area contributed by atoms with Crippen LogP contribution in [0.15, 0.2) is 73.8 Å². The lowest BCUT2D eigenvalue weighted by Crippen LogP contribution is -2.48. The fourth-order valence-corrected chi connectivity index (χ4v) is 12.0. The first-order valence-corrected chi connectivity index (χ1v) is 23.6. The first-order chi connectivity index (χ1) is 31.1. The van der Waals surface area contributed by atoms with E-state index in [1.807, 2.05) is 47.2 Å². The molecule has 18 heteroatoms. The molecule has 0 bridgehead atoms. The number of nitrogens with one attached hydrogen (secondary N) is 2. The Labute approximate surface area is 378 Å². The standard InChI is InChI=1S/C28H36N8OS.C18H15N5O2S/c1-33(2)14-15-34(3)21-8-11-35(12-9-21)28(37)19-4-5-23-24(16-19)38-27-25(23)26(29-18-30-27)32-20-7-13-36-22(17-20)6-10-31-36;24-18(25)10-1-2-13-14(7-10)26-17-15(13)16(19-9-20-17)22-11-4-6-23-12(8-11)3-5-21-23/h6-7,10,13,17-19,21H,4-5,8-9,11-12,14-16H2,1-3H3,(H,29,30,32);3-6,8-10H,1-2,7H2,(H,24,25)(H,19,20,22)/t19-;10-/m00/s1. The molecule has 1 saturated heterocycles. The number of thiophene rings is 2. The van der Waals surface area contributed by atoms with E-state index in [0.717, 1.165) is 124 Å². The number of nitrogens with zero attached hydrogens (tertiary/aromatic N) is 11. The Morgan fingerprint density at radius 3 is 1.78 bits per heavy atom. The lowest BCUT2D eigenvalue weighted by molar-refractivity contribution is -0.142. The lowest BCUT2D eigenvalue weighted by Gasteiger charge is -2.38. The van der Waals surface area contributed by atoms with Crippen molar-refractivity contribution in [1.82, 2.24) is 53.9 Å². The maximum atomic E-state index is 13.5. The highest BCUT2D eigenvalue weighted by Gasteiger charge is 2.34. The van der Waals surface area contributed by atoms with Gasteiger partial charge in [-0.05, 0) is 120 Å². The van der Waals surface area contributed by atoms with E-state index in [1.54, 1.807) is 52.2 Å². The van der Waals surface area contributed by atoms with E-state index in [2.05, 4.69) is 82.7 Å². The van der Waals surface area contributed by atoms with Crippen LogP contribution in [0.5, 0.6) is 0 Å². The molecule has 0 radical (unpaired) electrons. The zero-order valence-corrected chi connectivity index (χ0v) is 37.8. The van der Waals surface area contributed by atoms with Crippen LogP contribution in [0.1, 0.15) is 46.6 Å². The molecule has 0 aromatic carbocycles. The third-order valence-electron chi connectivity index (χ3n) is 13.0. The van der Waals surface area contributed by atoms with Gasteiger partial charge >= 0.3 is 5.97 Å². The van der Waals surface area contributed by atoms with E-state index >= 15 is 0 Å². The number of fused-ring (bicyclic) bond motifs is 8. The molecule has 1 fully saturated rings. The molecular formula is C46H51N13O3S2. The number of aliphatic carboxylic acids is 1. The number of carbonyl (C=O) groups is 2. The summed E-state index contributed by atoms with van der Waals surface area (Å²) in [5.74, 6) is 0.982. The van der Waals surface area contributed by atoms with E-state index in [4.69, 9.17) is 0 Å². The molecule has 9 heterocycles. The Hall–Kier alpha value is -6.08. The van der Waals surface area contributed by atoms with E-state index in [9.17, 15) is 14.7 Å². The summed E-state index contributed by atoms with van der Waals surface area (Å²) in [6.07, 6.45) is 17.3. The summed E-state index contributed by atoms with van der Waals surface area (Å²) in [4.78, 5) is 54.0. The first kappa shape index (κ1) is 41.9. The predicted molar refractivity (Wildman–Crippen MR) is 251 cm³/mol. The number of pyridine rings is 2. The molecule has 8 aromatic heterocycles. The van der Waals surface area contributed by atoms with Crippen LogP contribution >= 0.6 is 22.7 Å². The minimum Gasteiger partial charge on any atom is -0.481 e. The van der Waals surface area contributed by atoms with Crippen LogP contribution in [-0.2, 0) is 35.3 Å². The van der Waals surface area contributed by atoms with Gasteiger partial charge in [0.05, 0.1) is 27.7 Å². The Morgan fingerprint density at radius 1 is 0.719 bits per heavy atom. The van der Waals surface area contributed by atoms with E-state index < -0.39 is 5.97 Å². The SMILES string of the molecule is CN(C)CCN(C)C1CCN(C(=O)[C@H]2CCc3c(sc4ncnc(Nc5ccn6nccc6c5)c34)C2)CC1.O=C(O)[C@H]1CCc2c(sc3ncnc(Nc4ccn5nccc5c4)c23)C1. The number of likely N-dealkylation sites (tertiary alicyclic amines) is 1. The molecule has 16 nitrogen and oxygen atoms in total. The van der Waals surface area contributed by atoms with Gasteiger partial charge in [-0.2, -0.15) is 10.2 Å². The number of amides is 1. The highest BCUT2D eigenvalue weighted by atomic mass is 32.1. The van der Waals surface area contributed by atoms with Gasteiger partial charge in [0.2, 0.25) is 5.91 Å². The summed E-state index contributed by atoms with van der Waals surface area (Å²) >= 11 is 3.30. The van der Waals surface area contributed by atoms with Crippen LogP contribution in [0.2, 0.25) is 0 Å². The second-order valence-corrected chi connectivity index (χ2v) is 19.5. The minimum atomic E-state index is -0.716. The second kappa shape index (κ2) is 17.8. The molecule has 2 atom stereocenters. The molecule has 11 rings (SSSR count). The smallest absolute Gasteiger partial charge is 0.306 e. The van der Waals surface area contributed by atoms with Crippen molar-refractivity contribution >= 4 is 89.0 Å². The molecule has 2 aliphatic carbocycles. The predicted octanol–water partition coefficient (Wildman–Crippen LogP) is 6.94. The van der Waals surface area contributed by atoms with Gasteiger partial charge in [-0.25, -0.2) is 29.0 Å². The van der Waals surface area contributed by atoms with Gasteiger partial charge in [0.15, 0.2) is 0 Å². The number of piperidine rings is 1. The second-order valence-electron chi connectivity index (χ2n) is 17.4. The molecule has 64 heavy (non-hydrogen) atoms. The number of likely N-dealkylation sites (N-methyl/N-ethyl adjacent to an activating group) is 2. The van der Waals surface area contributed by atoms with Crippen LogP contribution in [0, 0.1) is 11.8 Å². The van der Waals surface area contributed by atoms with E-state index in [1.165, 1.54) is 16.0 Å². The van der Waals surface area contributed by atoms with E-state index in [0.29, 0.717) is 24.8 Å². The van der Waals surface area contributed by atoms with Gasteiger partial charge in [0, 0.05) is 84.1 Å². The molecule has 8 aromatic rings. The molecule has 1 amide bonds. The van der Waals surface area contributed by atoms with Crippen LogP contribution in [0.4, 0.5) is 23.0 Å². The summed E-state index contributed by atoms with van der Waals surface area (Å²) in [6.45, 7) is 3.87. The van der Waals surface area contributed by atoms with Crippen LogP contribution in [0.3, 0.4) is 0 Å². The molecule has 0 saturated carbocycles. The molecule has 330 valence electrons. The Kier molecular flexibility index (Phi) is 11.7. The number of hydrogen-bond donors (Lipinski definition) is 3. The van der Waals surface area contributed by atoms with Crippen molar-refractivity contribution < 1.29 is 14.7 Å². The summed E-state index contributed by atoms with van der Waals surface area (Å²) in [5.41, 5.74) is 6.42. The van der Waals surface area contributed by atoms with Crippen molar-refractivity contribution in [1.29, 1.82) is 0 Å². The molecule has 3 aliphatic rings. The van der Waals surface area contributed by atoms with Crippen molar-refractivity contribution in [2.24, 2.45) is 11.8 Å². The summed E-state index contributed by atoms with van der Waals surface area (Å²) in [5, 5.41) is 26.8. The van der Waals surface area contributed by atoms with Gasteiger partial charge in [-0.15, -0.1) is 22.7 Å². The van der Waals surface area contributed by atoms with Gasteiger partial charge in [0.25, 0.3) is 0 Å². The van der Waals surface area contributed by atoms with Crippen LogP contribution < -0.4 is 10.6 Å². The zero-order chi connectivity index (χ0) is 43.9. The molecule has 0 spiro atoms.